The molecule has 0 amide bonds. The first-order valence-corrected chi connectivity index (χ1v) is 7.19. The maximum atomic E-state index is 8.69. The Morgan fingerprint density at radius 3 is 2.38 bits per heavy atom. The first kappa shape index (κ1) is 14.0. The van der Waals surface area contributed by atoms with Crippen molar-refractivity contribution < 1.29 is 5.11 Å². The molecule has 1 aliphatic rings. The highest BCUT2D eigenvalue weighted by Gasteiger charge is 2.17. The summed E-state index contributed by atoms with van der Waals surface area (Å²) in [6, 6.07) is 0.687. The van der Waals surface area contributed by atoms with Crippen LogP contribution >= 0.6 is 0 Å². The second-order valence-corrected chi connectivity index (χ2v) is 5.28. The molecule has 0 aliphatic heterocycles. The standard InChI is InChI=1S/C14H29NO/c1-13(15-11-7-4-8-12-16)14-9-5-2-3-6-10-14/h13-16H,2-12H2,1H3/t13-/m1/s1. The highest BCUT2D eigenvalue weighted by Crippen LogP contribution is 2.25. The van der Waals surface area contributed by atoms with Gasteiger partial charge in [-0.15, -0.1) is 0 Å². The normalized spacial score (nSPS) is 20.6. The number of aliphatic hydroxyl groups is 1. The summed E-state index contributed by atoms with van der Waals surface area (Å²) >= 11 is 0. The van der Waals surface area contributed by atoms with Crippen molar-refractivity contribution in [3.8, 4) is 0 Å². The average molecular weight is 227 g/mol. The number of unbranched alkanes of at least 4 members (excludes halogenated alkanes) is 2. The third-order valence-corrected chi connectivity index (χ3v) is 3.91. The van der Waals surface area contributed by atoms with Crippen molar-refractivity contribution in [2.24, 2.45) is 5.92 Å². The van der Waals surface area contributed by atoms with E-state index in [0.717, 1.165) is 25.3 Å². The third kappa shape index (κ3) is 5.86. The Morgan fingerprint density at radius 1 is 1.06 bits per heavy atom. The number of aliphatic hydroxyl groups excluding tert-OH is 1. The Labute approximate surface area is 101 Å². The predicted octanol–water partition coefficient (Wildman–Crippen LogP) is 3.10. The van der Waals surface area contributed by atoms with Gasteiger partial charge in [0.2, 0.25) is 0 Å². The fraction of sp³-hybridized carbons (Fsp3) is 1.00. The van der Waals surface area contributed by atoms with Gasteiger partial charge >= 0.3 is 0 Å². The van der Waals surface area contributed by atoms with Gasteiger partial charge in [-0.2, -0.15) is 0 Å². The van der Waals surface area contributed by atoms with Gasteiger partial charge in [-0.25, -0.2) is 0 Å². The van der Waals surface area contributed by atoms with E-state index in [-0.39, 0.29) is 0 Å². The van der Waals surface area contributed by atoms with Crippen LogP contribution in [-0.4, -0.2) is 24.3 Å². The predicted molar refractivity (Wildman–Crippen MR) is 69.6 cm³/mol. The van der Waals surface area contributed by atoms with Gasteiger partial charge in [0.1, 0.15) is 0 Å². The molecule has 0 heterocycles. The number of hydrogen-bond donors (Lipinski definition) is 2. The van der Waals surface area contributed by atoms with E-state index in [2.05, 4.69) is 12.2 Å². The van der Waals surface area contributed by atoms with Crippen LogP contribution in [0.25, 0.3) is 0 Å². The van der Waals surface area contributed by atoms with Gasteiger partial charge in [-0.1, -0.05) is 25.7 Å². The number of rotatable bonds is 7. The average Bonchev–Trinajstić information content (AvgIpc) is 2.57. The van der Waals surface area contributed by atoms with Crippen LogP contribution in [0, 0.1) is 5.92 Å². The lowest BCUT2D eigenvalue weighted by Crippen LogP contribution is -2.34. The molecule has 2 N–H and O–H groups in total. The summed E-state index contributed by atoms with van der Waals surface area (Å²) in [5.74, 6) is 0.903. The molecule has 2 nitrogen and oxygen atoms in total. The van der Waals surface area contributed by atoms with Gasteiger partial charge in [0.05, 0.1) is 0 Å². The molecular formula is C14H29NO. The molecular weight excluding hydrogens is 198 g/mol. The molecule has 0 radical (unpaired) electrons. The van der Waals surface area contributed by atoms with Gasteiger partial charge < -0.3 is 10.4 Å². The van der Waals surface area contributed by atoms with Gasteiger partial charge in [0.15, 0.2) is 0 Å². The lowest BCUT2D eigenvalue weighted by atomic mass is 9.93. The van der Waals surface area contributed by atoms with Gasteiger partial charge in [-0.05, 0) is 51.5 Å². The van der Waals surface area contributed by atoms with Crippen molar-refractivity contribution in [3.05, 3.63) is 0 Å². The molecule has 0 spiro atoms. The molecule has 96 valence electrons. The van der Waals surface area contributed by atoms with Crippen LogP contribution in [0.1, 0.15) is 64.7 Å². The van der Waals surface area contributed by atoms with Crippen LogP contribution in [0.4, 0.5) is 0 Å². The van der Waals surface area contributed by atoms with Gasteiger partial charge in [0.25, 0.3) is 0 Å². The van der Waals surface area contributed by atoms with Crippen molar-refractivity contribution in [1.29, 1.82) is 0 Å². The molecule has 0 aromatic heterocycles. The van der Waals surface area contributed by atoms with Gasteiger partial charge in [-0.3, -0.25) is 0 Å². The molecule has 0 aromatic carbocycles. The van der Waals surface area contributed by atoms with Crippen molar-refractivity contribution in [3.63, 3.8) is 0 Å². The van der Waals surface area contributed by atoms with E-state index in [4.69, 9.17) is 5.11 Å². The molecule has 0 saturated heterocycles. The minimum Gasteiger partial charge on any atom is -0.396 e. The lowest BCUT2D eigenvalue weighted by molar-refractivity contribution is 0.280. The van der Waals surface area contributed by atoms with Crippen LogP contribution in [0.15, 0.2) is 0 Å². The Balaban J connectivity index is 2.05. The second kappa shape index (κ2) is 9.00. The second-order valence-electron chi connectivity index (χ2n) is 5.28. The van der Waals surface area contributed by atoms with Crippen LogP contribution in [-0.2, 0) is 0 Å². The Kier molecular flexibility index (Phi) is 7.87. The summed E-state index contributed by atoms with van der Waals surface area (Å²) in [5.41, 5.74) is 0. The van der Waals surface area contributed by atoms with Crippen molar-refractivity contribution in [2.75, 3.05) is 13.2 Å². The number of hydrogen-bond acceptors (Lipinski definition) is 2. The maximum Gasteiger partial charge on any atom is 0.0431 e. The molecule has 2 heteroatoms. The Bertz CT molecular complexity index is 153. The summed E-state index contributed by atoms with van der Waals surface area (Å²) in [6.07, 6.45) is 11.9. The SMILES string of the molecule is C[C@@H](NCCCCCO)C1CCCCCC1. The van der Waals surface area contributed by atoms with Crippen LogP contribution < -0.4 is 5.32 Å². The quantitative estimate of drug-likeness (QED) is 0.517. The molecule has 1 rings (SSSR count). The zero-order valence-corrected chi connectivity index (χ0v) is 10.9. The van der Waals surface area contributed by atoms with E-state index in [0.29, 0.717) is 12.6 Å². The Hall–Kier alpha value is -0.0800. The molecule has 16 heavy (non-hydrogen) atoms. The third-order valence-electron chi connectivity index (χ3n) is 3.91. The van der Waals surface area contributed by atoms with E-state index >= 15 is 0 Å². The van der Waals surface area contributed by atoms with Crippen molar-refractivity contribution >= 4 is 0 Å². The molecule has 1 saturated carbocycles. The smallest absolute Gasteiger partial charge is 0.0431 e. The van der Waals surface area contributed by atoms with E-state index in [1.54, 1.807) is 0 Å². The number of nitrogens with one attached hydrogen (secondary N) is 1. The molecule has 0 bridgehead atoms. The highest BCUT2D eigenvalue weighted by atomic mass is 16.2. The largest absolute Gasteiger partial charge is 0.396 e. The van der Waals surface area contributed by atoms with E-state index < -0.39 is 0 Å². The molecule has 0 aromatic rings. The fourth-order valence-corrected chi connectivity index (χ4v) is 2.72. The summed E-state index contributed by atoms with van der Waals surface area (Å²) < 4.78 is 0. The molecule has 1 aliphatic carbocycles. The summed E-state index contributed by atoms with van der Waals surface area (Å²) in [4.78, 5) is 0. The fourth-order valence-electron chi connectivity index (χ4n) is 2.72. The first-order valence-electron chi connectivity index (χ1n) is 7.19. The molecule has 1 fully saturated rings. The molecule has 0 unspecified atom stereocenters. The topological polar surface area (TPSA) is 32.3 Å². The summed E-state index contributed by atoms with van der Waals surface area (Å²) in [6.45, 7) is 3.82. The zero-order valence-electron chi connectivity index (χ0n) is 10.9. The summed E-state index contributed by atoms with van der Waals surface area (Å²) in [5, 5.41) is 12.3. The monoisotopic (exact) mass is 227 g/mol. The van der Waals surface area contributed by atoms with Crippen LogP contribution in [0.5, 0.6) is 0 Å². The minimum absolute atomic E-state index is 0.345. The first-order chi connectivity index (χ1) is 7.84. The zero-order chi connectivity index (χ0) is 11.6. The highest BCUT2D eigenvalue weighted by molar-refractivity contribution is 4.74. The Morgan fingerprint density at radius 2 is 1.75 bits per heavy atom. The minimum atomic E-state index is 0.345. The van der Waals surface area contributed by atoms with Crippen molar-refractivity contribution in [1.82, 2.24) is 5.32 Å². The van der Waals surface area contributed by atoms with E-state index in [1.165, 1.54) is 44.9 Å². The molecule has 1 atom stereocenters. The van der Waals surface area contributed by atoms with Crippen molar-refractivity contribution in [2.45, 2.75) is 70.8 Å². The van der Waals surface area contributed by atoms with Crippen LogP contribution in [0.2, 0.25) is 0 Å². The maximum absolute atomic E-state index is 8.69. The van der Waals surface area contributed by atoms with E-state index in [1.807, 2.05) is 0 Å². The van der Waals surface area contributed by atoms with Gasteiger partial charge in [0, 0.05) is 12.6 Å². The van der Waals surface area contributed by atoms with E-state index in [9.17, 15) is 0 Å². The lowest BCUT2D eigenvalue weighted by Gasteiger charge is -2.23. The summed E-state index contributed by atoms with van der Waals surface area (Å²) in [7, 11) is 0. The van der Waals surface area contributed by atoms with Crippen LogP contribution in [0.3, 0.4) is 0 Å².